The van der Waals surface area contributed by atoms with E-state index in [9.17, 15) is 14.4 Å². The Morgan fingerprint density at radius 2 is 2.12 bits per heavy atom. The lowest BCUT2D eigenvalue weighted by molar-refractivity contribution is -0.147. The molecule has 2 heterocycles. The highest BCUT2D eigenvalue weighted by atomic mass is 79.9. The van der Waals surface area contributed by atoms with Gasteiger partial charge in [0.1, 0.15) is 18.3 Å². The van der Waals surface area contributed by atoms with Gasteiger partial charge in [-0.25, -0.2) is 14.6 Å². The summed E-state index contributed by atoms with van der Waals surface area (Å²) in [6.45, 7) is 3.65. The molecule has 0 unspecified atom stereocenters. The van der Waals surface area contributed by atoms with Crippen LogP contribution in [-0.4, -0.2) is 27.4 Å². The zero-order valence-electron chi connectivity index (χ0n) is 13.9. The van der Waals surface area contributed by atoms with E-state index in [0.29, 0.717) is 17.8 Å². The molecule has 2 aromatic rings. The highest BCUT2D eigenvalue weighted by Gasteiger charge is 2.22. The van der Waals surface area contributed by atoms with Gasteiger partial charge >= 0.3 is 12.0 Å². The predicted octanol–water partition coefficient (Wildman–Crippen LogP) is 1.58. The number of hydrogen-bond donors (Lipinski definition) is 2. The quantitative estimate of drug-likeness (QED) is 0.701. The molecule has 0 bridgehead atoms. The van der Waals surface area contributed by atoms with Gasteiger partial charge < -0.3 is 15.8 Å². The number of fused-ring (bicyclic) bond motifs is 1. The van der Waals surface area contributed by atoms with Crippen molar-refractivity contribution >= 4 is 33.6 Å². The minimum atomic E-state index is -0.838. The number of amides is 2. The van der Waals surface area contributed by atoms with Crippen molar-refractivity contribution < 1.29 is 14.3 Å². The van der Waals surface area contributed by atoms with Crippen LogP contribution in [0.5, 0.6) is 0 Å². The van der Waals surface area contributed by atoms with Crippen LogP contribution in [0.4, 0.5) is 4.79 Å². The van der Waals surface area contributed by atoms with Crippen molar-refractivity contribution in [3.8, 4) is 0 Å². The molecule has 0 spiro atoms. The van der Waals surface area contributed by atoms with Gasteiger partial charge in [0, 0.05) is 16.7 Å². The molecule has 25 heavy (non-hydrogen) atoms. The second-order valence-corrected chi connectivity index (χ2v) is 6.88. The largest absolute Gasteiger partial charge is 0.458 e. The first-order valence-electron chi connectivity index (χ1n) is 7.66. The Hall–Kier alpha value is -2.42. The summed E-state index contributed by atoms with van der Waals surface area (Å²) in [5.41, 5.74) is 5.57. The van der Waals surface area contributed by atoms with E-state index in [0.717, 1.165) is 4.47 Å². The van der Waals surface area contributed by atoms with Crippen LogP contribution < -0.4 is 16.6 Å². The molecule has 0 radical (unpaired) electrons. The van der Waals surface area contributed by atoms with E-state index in [1.165, 1.54) is 10.5 Å². The van der Waals surface area contributed by atoms with E-state index in [4.69, 9.17) is 10.5 Å². The van der Waals surface area contributed by atoms with Gasteiger partial charge in [0.25, 0.3) is 5.56 Å². The molecule has 0 saturated heterocycles. The van der Waals surface area contributed by atoms with Gasteiger partial charge in [-0.2, -0.15) is 0 Å². The maximum absolute atomic E-state index is 12.2. The van der Waals surface area contributed by atoms with E-state index in [1.807, 2.05) is 13.8 Å². The molecule has 0 aliphatic carbocycles. The monoisotopic (exact) mass is 410 g/mol. The number of nitrogens with one attached hydrogen (secondary N) is 1. The van der Waals surface area contributed by atoms with Crippen LogP contribution in [0, 0.1) is 5.92 Å². The zero-order valence-corrected chi connectivity index (χ0v) is 15.4. The SMILES string of the molecule is CC(C)C[C@@H](NC(N)=O)C(=O)OCc1cc(=O)n2cc(Br)ccc2n1. The van der Waals surface area contributed by atoms with Crippen molar-refractivity contribution in [3.05, 3.63) is 44.9 Å². The van der Waals surface area contributed by atoms with Crippen molar-refractivity contribution in [3.63, 3.8) is 0 Å². The van der Waals surface area contributed by atoms with E-state index < -0.39 is 18.0 Å². The van der Waals surface area contributed by atoms with Crippen LogP contribution in [0.25, 0.3) is 5.65 Å². The third kappa shape index (κ3) is 5.28. The summed E-state index contributed by atoms with van der Waals surface area (Å²) in [6.07, 6.45) is 2.00. The number of urea groups is 1. The smallest absolute Gasteiger partial charge is 0.329 e. The van der Waals surface area contributed by atoms with Crippen LogP contribution in [0.15, 0.2) is 33.7 Å². The number of aromatic nitrogens is 2. The third-order valence-corrected chi connectivity index (χ3v) is 3.82. The number of pyridine rings is 1. The van der Waals surface area contributed by atoms with Gasteiger partial charge in [0.05, 0.1) is 5.69 Å². The van der Waals surface area contributed by atoms with Crippen LogP contribution in [0.2, 0.25) is 0 Å². The first kappa shape index (κ1) is 18.9. The Morgan fingerprint density at radius 3 is 2.76 bits per heavy atom. The Labute approximate surface area is 152 Å². The third-order valence-electron chi connectivity index (χ3n) is 3.35. The first-order chi connectivity index (χ1) is 11.8. The Kier molecular flexibility index (Phi) is 6.13. The molecule has 134 valence electrons. The fourth-order valence-corrected chi connectivity index (χ4v) is 2.64. The number of halogens is 1. The minimum absolute atomic E-state index is 0.159. The van der Waals surface area contributed by atoms with Gasteiger partial charge in [0.15, 0.2) is 0 Å². The van der Waals surface area contributed by atoms with Crippen molar-refractivity contribution in [1.82, 2.24) is 14.7 Å². The van der Waals surface area contributed by atoms with Gasteiger partial charge in [0.2, 0.25) is 0 Å². The summed E-state index contributed by atoms with van der Waals surface area (Å²) < 4.78 is 7.32. The number of carbonyl (C=O) groups excluding carboxylic acids is 2. The lowest BCUT2D eigenvalue weighted by atomic mass is 10.0. The fraction of sp³-hybridized carbons (Fsp3) is 0.375. The fourth-order valence-electron chi connectivity index (χ4n) is 2.30. The van der Waals surface area contributed by atoms with E-state index in [2.05, 4.69) is 26.2 Å². The summed E-state index contributed by atoms with van der Waals surface area (Å²) in [4.78, 5) is 39.6. The number of nitrogens with zero attached hydrogens (tertiary/aromatic N) is 2. The maximum Gasteiger partial charge on any atom is 0.329 e. The maximum atomic E-state index is 12.2. The van der Waals surface area contributed by atoms with Gasteiger partial charge in [-0.1, -0.05) is 13.8 Å². The first-order valence-corrected chi connectivity index (χ1v) is 8.46. The summed E-state index contributed by atoms with van der Waals surface area (Å²) in [7, 11) is 0. The molecule has 9 heteroatoms. The van der Waals surface area contributed by atoms with Gasteiger partial charge in [-0.15, -0.1) is 0 Å². The Bertz CT molecular complexity index is 850. The highest BCUT2D eigenvalue weighted by molar-refractivity contribution is 9.10. The molecule has 0 aliphatic heterocycles. The predicted molar refractivity (Wildman–Crippen MR) is 94.9 cm³/mol. The summed E-state index contributed by atoms with van der Waals surface area (Å²) in [5, 5.41) is 2.37. The molecule has 2 rings (SSSR count). The number of hydrogen-bond acceptors (Lipinski definition) is 5. The topological polar surface area (TPSA) is 116 Å². The second kappa shape index (κ2) is 8.11. The minimum Gasteiger partial charge on any atom is -0.458 e. The molecule has 1 atom stereocenters. The summed E-state index contributed by atoms with van der Waals surface area (Å²) in [5.74, 6) is -0.461. The van der Waals surface area contributed by atoms with Crippen LogP contribution >= 0.6 is 15.9 Å². The van der Waals surface area contributed by atoms with Crippen LogP contribution in [0.1, 0.15) is 26.0 Å². The average molecular weight is 411 g/mol. The molecule has 0 fully saturated rings. The van der Waals surface area contributed by atoms with Crippen molar-refractivity contribution in [2.75, 3.05) is 0 Å². The summed E-state index contributed by atoms with van der Waals surface area (Å²) in [6, 6.07) is 3.09. The summed E-state index contributed by atoms with van der Waals surface area (Å²) >= 11 is 3.29. The Morgan fingerprint density at radius 1 is 1.40 bits per heavy atom. The number of carbonyl (C=O) groups is 2. The number of rotatable bonds is 6. The molecule has 2 aromatic heterocycles. The molecule has 8 nitrogen and oxygen atoms in total. The number of nitrogens with two attached hydrogens (primary N) is 1. The van der Waals surface area contributed by atoms with E-state index in [1.54, 1.807) is 18.3 Å². The number of primary amides is 1. The molecule has 0 aromatic carbocycles. The molecule has 2 amide bonds. The van der Waals surface area contributed by atoms with Crippen molar-refractivity contribution in [2.45, 2.75) is 32.9 Å². The second-order valence-electron chi connectivity index (χ2n) is 5.96. The molecule has 0 saturated carbocycles. The lowest BCUT2D eigenvalue weighted by Gasteiger charge is -2.18. The highest BCUT2D eigenvalue weighted by Crippen LogP contribution is 2.11. The zero-order chi connectivity index (χ0) is 18.6. The molecular weight excluding hydrogens is 392 g/mol. The standard InChI is InChI=1S/C16H19BrN4O4/c1-9(2)5-12(20-16(18)24)15(23)25-8-11-6-14(22)21-7-10(17)3-4-13(21)19-11/h3-4,6-7,9,12H,5,8H2,1-2H3,(H3,18,20,24)/t12-/m1/s1. The van der Waals surface area contributed by atoms with Gasteiger partial charge in [-0.05, 0) is 40.4 Å². The van der Waals surface area contributed by atoms with Gasteiger partial charge in [-0.3, -0.25) is 9.20 Å². The van der Waals surface area contributed by atoms with E-state index >= 15 is 0 Å². The normalized spacial score (nSPS) is 12.2. The molecular formula is C16H19BrN4O4. The van der Waals surface area contributed by atoms with E-state index in [-0.39, 0.29) is 18.1 Å². The van der Waals surface area contributed by atoms with Crippen LogP contribution in [0.3, 0.4) is 0 Å². The Balaban J connectivity index is 2.12. The molecule has 0 aliphatic rings. The van der Waals surface area contributed by atoms with Crippen LogP contribution in [-0.2, 0) is 16.1 Å². The molecule has 3 N–H and O–H groups in total. The van der Waals surface area contributed by atoms with Crippen molar-refractivity contribution in [2.24, 2.45) is 11.7 Å². The number of ether oxygens (including phenoxy) is 1. The van der Waals surface area contributed by atoms with Crippen molar-refractivity contribution in [1.29, 1.82) is 0 Å². The number of esters is 1. The lowest BCUT2D eigenvalue weighted by Crippen LogP contribution is -2.45. The average Bonchev–Trinajstić information content (AvgIpc) is 2.52.